The number of phenols is 1. The van der Waals surface area contributed by atoms with E-state index in [0.29, 0.717) is 17.5 Å². The summed E-state index contributed by atoms with van der Waals surface area (Å²) >= 11 is 6.02. The molecule has 1 heterocycles. The predicted molar refractivity (Wildman–Crippen MR) is 103 cm³/mol. The van der Waals surface area contributed by atoms with Crippen LogP contribution in [-0.2, 0) is 11.2 Å². The van der Waals surface area contributed by atoms with Gasteiger partial charge < -0.3 is 10.4 Å². The van der Waals surface area contributed by atoms with E-state index in [9.17, 15) is 9.90 Å². The van der Waals surface area contributed by atoms with E-state index in [0.717, 1.165) is 46.1 Å². The molecule has 2 N–H and O–H groups in total. The van der Waals surface area contributed by atoms with E-state index in [2.05, 4.69) is 5.32 Å². The van der Waals surface area contributed by atoms with E-state index in [1.165, 1.54) is 0 Å². The molecule has 0 spiro atoms. The first-order valence-electron chi connectivity index (χ1n) is 8.68. The Kier molecular flexibility index (Phi) is 4.29. The molecule has 132 valence electrons. The van der Waals surface area contributed by atoms with Crippen LogP contribution in [0.3, 0.4) is 0 Å². The monoisotopic (exact) mass is 366 g/mol. The highest BCUT2D eigenvalue weighted by atomic mass is 35.5. The van der Waals surface area contributed by atoms with E-state index >= 15 is 0 Å². The van der Waals surface area contributed by atoms with Gasteiger partial charge in [0.25, 0.3) is 0 Å². The Balaban J connectivity index is 1.65. The fourth-order valence-corrected chi connectivity index (χ4v) is 3.24. The molecule has 1 aliphatic rings. The van der Waals surface area contributed by atoms with Gasteiger partial charge in [0.15, 0.2) is 0 Å². The minimum atomic E-state index is 0.0574. The lowest BCUT2D eigenvalue weighted by Crippen LogP contribution is -2.26. The smallest absolute Gasteiger partial charge is 0.224 e. The van der Waals surface area contributed by atoms with Gasteiger partial charge in [-0.2, -0.15) is 0 Å². The summed E-state index contributed by atoms with van der Waals surface area (Å²) in [6.07, 6.45) is 2.58. The number of nitrogens with zero attached hydrogens (tertiary/aromatic N) is 1. The number of benzene rings is 2. The summed E-state index contributed by atoms with van der Waals surface area (Å²) in [5.41, 5.74) is 4.59. The van der Waals surface area contributed by atoms with Crippen LogP contribution in [0.1, 0.15) is 24.0 Å². The number of fused-ring (bicyclic) bond motifs is 1. The van der Waals surface area contributed by atoms with Gasteiger partial charge in [-0.3, -0.25) is 4.79 Å². The van der Waals surface area contributed by atoms with Crippen molar-refractivity contribution in [3.8, 4) is 17.0 Å². The Hall–Kier alpha value is -2.59. The maximum atomic E-state index is 12.0. The molecule has 0 bridgehead atoms. The van der Waals surface area contributed by atoms with Crippen molar-refractivity contribution in [2.45, 2.75) is 32.2 Å². The Bertz CT molecular complexity index is 1010. The van der Waals surface area contributed by atoms with E-state index in [1.54, 1.807) is 18.2 Å². The van der Waals surface area contributed by atoms with E-state index in [-0.39, 0.29) is 11.7 Å². The van der Waals surface area contributed by atoms with Crippen LogP contribution in [0.2, 0.25) is 5.02 Å². The molecule has 1 aromatic heterocycles. The second-order valence-electron chi connectivity index (χ2n) is 6.86. The molecule has 1 aliphatic carbocycles. The Labute approximate surface area is 156 Å². The lowest BCUT2D eigenvalue weighted by Gasteiger charge is -2.10. The van der Waals surface area contributed by atoms with Crippen molar-refractivity contribution in [3.63, 3.8) is 0 Å². The highest BCUT2D eigenvalue weighted by Gasteiger charge is 2.23. The molecule has 26 heavy (non-hydrogen) atoms. The number of aromatic nitrogens is 1. The van der Waals surface area contributed by atoms with Crippen molar-refractivity contribution in [1.29, 1.82) is 0 Å². The van der Waals surface area contributed by atoms with Crippen LogP contribution >= 0.6 is 11.6 Å². The molecule has 1 amide bonds. The molecular formula is C21H19ClN2O2. The summed E-state index contributed by atoms with van der Waals surface area (Å²) < 4.78 is 0. The third kappa shape index (κ3) is 3.51. The molecule has 2 aromatic carbocycles. The molecular weight excluding hydrogens is 348 g/mol. The molecule has 0 atom stereocenters. The first kappa shape index (κ1) is 16.9. The minimum absolute atomic E-state index is 0.0574. The number of hydrogen-bond acceptors (Lipinski definition) is 3. The molecule has 3 aromatic rings. The summed E-state index contributed by atoms with van der Waals surface area (Å²) in [7, 11) is 0. The van der Waals surface area contributed by atoms with Gasteiger partial charge in [0.2, 0.25) is 5.91 Å². The third-order valence-corrected chi connectivity index (χ3v) is 4.93. The normalized spacial score (nSPS) is 13.8. The molecule has 4 nitrogen and oxygen atoms in total. The van der Waals surface area contributed by atoms with E-state index in [1.807, 2.05) is 31.2 Å². The molecule has 0 saturated heterocycles. The zero-order valence-electron chi connectivity index (χ0n) is 14.4. The second kappa shape index (κ2) is 6.61. The van der Waals surface area contributed by atoms with Crippen LogP contribution in [0.4, 0.5) is 0 Å². The summed E-state index contributed by atoms with van der Waals surface area (Å²) in [5.74, 6) is 0.134. The highest BCUT2D eigenvalue weighted by molar-refractivity contribution is 6.32. The number of rotatable bonds is 4. The van der Waals surface area contributed by atoms with Crippen molar-refractivity contribution >= 4 is 28.4 Å². The quantitative estimate of drug-likeness (QED) is 0.719. The van der Waals surface area contributed by atoms with Crippen LogP contribution in [-0.4, -0.2) is 22.0 Å². The summed E-state index contributed by atoms with van der Waals surface area (Å²) in [6, 6.07) is 13.4. The summed E-state index contributed by atoms with van der Waals surface area (Å²) in [4.78, 5) is 16.7. The number of carbonyl (C=O) groups excluding carboxylic acids is 1. The van der Waals surface area contributed by atoms with Gasteiger partial charge in [-0.25, -0.2) is 4.98 Å². The lowest BCUT2D eigenvalue weighted by atomic mass is 10.0. The molecule has 1 saturated carbocycles. The maximum absolute atomic E-state index is 12.0. The number of aromatic hydroxyl groups is 1. The van der Waals surface area contributed by atoms with Crippen LogP contribution in [0.5, 0.6) is 5.75 Å². The largest absolute Gasteiger partial charge is 0.506 e. The van der Waals surface area contributed by atoms with Gasteiger partial charge in [0.1, 0.15) is 5.75 Å². The third-order valence-electron chi connectivity index (χ3n) is 4.63. The number of hydrogen-bond donors (Lipinski definition) is 2. The van der Waals surface area contributed by atoms with Crippen molar-refractivity contribution in [2.75, 3.05) is 0 Å². The van der Waals surface area contributed by atoms with Gasteiger partial charge in [-0.1, -0.05) is 17.7 Å². The number of phenolic OH excluding ortho intramolecular Hbond substituents is 1. The Morgan fingerprint density at radius 2 is 2.04 bits per heavy atom. The van der Waals surface area contributed by atoms with Gasteiger partial charge in [0, 0.05) is 17.0 Å². The maximum Gasteiger partial charge on any atom is 0.224 e. The molecule has 0 radical (unpaired) electrons. The van der Waals surface area contributed by atoms with Crippen LogP contribution in [0.15, 0.2) is 42.5 Å². The number of amides is 1. The summed E-state index contributed by atoms with van der Waals surface area (Å²) in [6.45, 7) is 2.03. The van der Waals surface area contributed by atoms with Crippen LogP contribution in [0.25, 0.3) is 22.2 Å². The SMILES string of the molecule is Cc1cc(-c2ccc(O)c(Cl)c2)nc2ccc(CC(=O)NC3CC3)cc12. The molecule has 0 aliphatic heterocycles. The standard InChI is InChI=1S/C21H19ClN2O2/c1-12-8-19(14-3-7-20(25)17(22)11-14)24-18-6-2-13(9-16(12)18)10-21(26)23-15-4-5-15/h2-3,6-9,11,15,25H,4-5,10H2,1H3,(H,23,26). The Morgan fingerprint density at radius 1 is 1.23 bits per heavy atom. The number of aryl methyl sites for hydroxylation is 1. The van der Waals surface area contributed by atoms with Crippen molar-refractivity contribution in [1.82, 2.24) is 10.3 Å². The lowest BCUT2D eigenvalue weighted by molar-refractivity contribution is -0.120. The molecule has 1 fully saturated rings. The van der Waals surface area contributed by atoms with Gasteiger partial charge in [0.05, 0.1) is 22.7 Å². The fraction of sp³-hybridized carbons (Fsp3) is 0.238. The number of pyridine rings is 1. The van der Waals surface area contributed by atoms with Gasteiger partial charge in [-0.05, 0) is 67.3 Å². The van der Waals surface area contributed by atoms with Crippen LogP contribution in [0, 0.1) is 6.92 Å². The Morgan fingerprint density at radius 3 is 2.77 bits per heavy atom. The van der Waals surface area contributed by atoms with E-state index < -0.39 is 0 Å². The van der Waals surface area contributed by atoms with Gasteiger partial charge >= 0.3 is 0 Å². The average molecular weight is 367 g/mol. The topological polar surface area (TPSA) is 62.2 Å². The van der Waals surface area contributed by atoms with Crippen molar-refractivity contribution < 1.29 is 9.90 Å². The number of nitrogens with one attached hydrogen (secondary N) is 1. The zero-order chi connectivity index (χ0) is 18.3. The molecule has 5 heteroatoms. The zero-order valence-corrected chi connectivity index (χ0v) is 15.2. The van der Waals surface area contributed by atoms with E-state index in [4.69, 9.17) is 16.6 Å². The minimum Gasteiger partial charge on any atom is -0.506 e. The average Bonchev–Trinajstić information content (AvgIpc) is 3.41. The first-order chi connectivity index (χ1) is 12.5. The first-order valence-corrected chi connectivity index (χ1v) is 9.06. The number of carbonyl (C=O) groups is 1. The number of halogens is 1. The van der Waals surface area contributed by atoms with Gasteiger partial charge in [-0.15, -0.1) is 0 Å². The van der Waals surface area contributed by atoms with Crippen molar-refractivity contribution in [3.05, 3.63) is 58.6 Å². The fourth-order valence-electron chi connectivity index (χ4n) is 3.06. The van der Waals surface area contributed by atoms with Crippen molar-refractivity contribution in [2.24, 2.45) is 0 Å². The summed E-state index contributed by atoms with van der Waals surface area (Å²) in [5, 5.41) is 14.0. The predicted octanol–water partition coefficient (Wildman–Crippen LogP) is 4.39. The van der Waals surface area contributed by atoms with Crippen LogP contribution < -0.4 is 5.32 Å². The molecule has 0 unspecified atom stereocenters. The second-order valence-corrected chi connectivity index (χ2v) is 7.27. The highest BCUT2D eigenvalue weighted by Crippen LogP contribution is 2.31. The molecule has 4 rings (SSSR count).